The van der Waals surface area contributed by atoms with Gasteiger partial charge < -0.3 is 9.47 Å². The Morgan fingerprint density at radius 3 is 2.09 bits per heavy atom. The van der Waals surface area contributed by atoms with Crippen molar-refractivity contribution in [3.8, 4) is 0 Å². The van der Waals surface area contributed by atoms with Crippen molar-refractivity contribution >= 4 is 11.9 Å². The van der Waals surface area contributed by atoms with Crippen LogP contribution in [0.4, 0.5) is 0 Å². The van der Waals surface area contributed by atoms with Crippen LogP contribution >= 0.6 is 0 Å². The molecule has 0 spiro atoms. The summed E-state index contributed by atoms with van der Waals surface area (Å²) in [5.41, 5.74) is 0. The van der Waals surface area contributed by atoms with Gasteiger partial charge in [-0.15, -0.1) is 0 Å². The quantitative estimate of drug-likeness (QED) is 0.725. The van der Waals surface area contributed by atoms with Gasteiger partial charge >= 0.3 is 11.9 Å². The van der Waals surface area contributed by atoms with Gasteiger partial charge in [0.15, 0.2) is 0 Å². The fourth-order valence-electron chi connectivity index (χ4n) is 2.91. The number of carbonyl (C=O) groups excluding carboxylic acids is 2. The van der Waals surface area contributed by atoms with E-state index >= 15 is 0 Å². The summed E-state index contributed by atoms with van der Waals surface area (Å²) in [6, 6.07) is 0. The molecule has 0 amide bonds. The van der Waals surface area contributed by atoms with Crippen molar-refractivity contribution in [2.24, 2.45) is 5.92 Å². The molecule has 0 radical (unpaired) electrons. The van der Waals surface area contributed by atoms with E-state index in [2.05, 4.69) is 13.8 Å². The van der Waals surface area contributed by atoms with Gasteiger partial charge in [-0.2, -0.15) is 0 Å². The number of cyclic esters (lactones) is 2. The van der Waals surface area contributed by atoms with Crippen LogP contribution in [0, 0.1) is 5.92 Å². The van der Waals surface area contributed by atoms with Crippen molar-refractivity contribution in [2.45, 2.75) is 90.6 Å². The number of esters is 2. The first-order valence-corrected chi connectivity index (χ1v) is 9.02. The van der Waals surface area contributed by atoms with E-state index in [9.17, 15) is 9.59 Å². The second-order valence-electron chi connectivity index (χ2n) is 6.29. The Bertz CT molecular complexity index is 327. The van der Waals surface area contributed by atoms with Crippen molar-refractivity contribution < 1.29 is 19.1 Å². The first-order chi connectivity index (χ1) is 10.7. The van der Waals surface area contributed by atoms with Gasteiger partial charge in [0.25, 0.3) is 0 Å². The third-order valence-electron chi connectivity index (χ3n) is 4.38. The molecule has 1 aliphatic heterocycles. The molecule has 0 aromatic carbocycles. The molecule has 0 aromatic heterocycles. The van der Waals surface area contributed by atoms with Gasteiger partial charge in [-0.05, 0) is 25.7 Å². The number of hydrogen-bond acceptors (Lipinski definition) is 4. The fraction of sp³-hybridized carbons (Fsp3) is 0.889. The summed E-state index contributed by atoms with van der Waals surface area (Å²) in [6.45, 7) is 4.51. The maximum atomic E-state index is 12.0. The van der Waals surface area contributed by atoms with E-state index in [4.69, 9.17) is 9.47 Å². The molecule has 4 heteroatoms. The van der Waals surface area contributed by atoms with Gasteiger partial charge in [-0.1, -0.05) is 46.0 Å². The van der Waals surface area contributed by atoms with Gasteiger partial charge in [0, 0.05) is 18.8 Å². The first kappa shape index (κ1) is 19.0. The summed E-state index contributed by atoms with van der Waals surface area (Å²) in [7, 11) is 0. The van der Waals surface area contributed by atoms with Gasteiger partial charge in [0.2, 0.25) is 0 Å². The summed E-state index contributed by atoms with van der Waals surface area (Å²) in [4.78, 5) is 23.8. The zero-order chi connectivity index (χ0) is 16.2. The van der Waals surface area contributed by atoms with Gasteiger partial charge in [0.05, 0.1) is 6.61 Å². The minimum Gasteiger partial charge on any atom is -0.465 e. The lowest BCUT2D eigenvalue weighted by molar-refractivity contribution is -0.156. The average Bonchev–Trinajstić information content (AvgIpc) is 2.50. The van der Waals surface area contributed by atoms with Crippen LogP contribution in [0.5, 0.6) is 0 Å². The Labute approximate surface area is 134 Å². The second kappa shape index (κ2) is 11.5. The summed E-state index contributed by atoms with van der Waals surface area (Å²) >= 11 is 0. The van der Waals surface area contributed by atoms with Crippen LogP contribution in [0.2, 0.25) is 0 Å². The van der Waals surface area contributed by atoms with E-state index in [0.29, 0.717) is 19.4 Å². The van der Waals surface area contributed by atoms with Crippen LogP contribution < -0.4 is 0 Å². The van der Waals surface area contributed by atoms with E-state index in [1.165, 1.54) is 0 Å². The molecule has 0 aliphatic carbocycles. The van der Waals surface area contributed by atoms with E-state index in [0.717, 1.165) is 57.8 Å². The Balaban J connectivity index is 2.64. The van der Waals surface area contributed by atoms with Crippen LogP contribution in [0.3, 0.4) is 0 Å². The van der Waals surface area contributed by atoms with Crippen LogP contribution in [0.25, 0.3) is 0 Å². The minimum absolute atomic E-state index is 0.0990. The molecular formula is C18H32O4. The molecule has 0 saturated carbocycles. The molecule has 2 atom stereocenters. The fourth-order valence-corrected chi connectivity index (χ4v) is 2.91. The highest BCUT2D eigenvalue weighted by Crippen LogP contribution is 2.20. The van der Waals surface area contributed by atoms with Gasteiger partial charge in [-0.25, -0.2) is 0 Å². The molecule has 2 unspecified atom stereocenters. The number of ether oxygens (including phenoxy) is 2. The van der Waals surface area contributed by atoms with E-state index in [1.54, 1.807) is 0 Å². The molecule has 1 rings (SSSR count). The maximum Gasteiger partial charge on any atom is 0.306 e. The van der Waals surface area contributed by atoms with E-state index < -0.39 is 0 Å². The normalized spacial score (nSPS) is 26.5. The Morgan fingerprint density at radius 1 is 0.909 bits per heavy atom. The predicted octanol–water partition coefficient (Wildman–Crippen LogP) is 4.40. The highest BCUT2D eigenvalue weighted by atomic mass is 16.6. The lowest BCUT2D eigenvalue weighted by Crippen LogP contribution is -2.30. The number of hydrogen-bond donors (Lipinski definition) is 0. The third kappa shape index (κ3) is 7.81. The summed E-state index contributed by atoms with van der Waals surface area (Å²) < 4.78 is 11.1. The molecular weight excluding hydrogens is 280 g/mol. The minimum atomic E-state index is -0.125. The molecule has 0 bridgehead atoms. The van der Waals surface area contributed by atoms with Crippen molar-refractivity contribution in [1.82, 2.24) is 0 Å². The Hall–Kier alpha value is -1.06. The monoisotopic (exact) mass is 312 g/mol. The zero-order valence-electron chi connectivity index (χ0n) is 14.3. The van der Waals surface area contributed by atoms with Crippen LogP contribution in [0.15, 0.2) is 0 Å². The van der Waals surface area contributed by atoms with Crippen molar-refractivity contribution in [2.75, 3.05) is 6.61 Å². The lowest BCUT2D eigenvalue weighted by atomic mass is 9.96. The van der Waals surface area contributed by atoms with Crippen molar-refractivity contribution in [3.63, 3.8) is 0 Å². The largest absolute Gasteiger partial charge is 0.465 e. The molecule has 1 fully saturated rings. The standard InChI is InChI=1S/C18H32O4/c1-3-11-16-15(4-2)14-21-17(19)12-9-7-5-6-8-10-13-18(20)22-16/h15-16H,3-14H2,1-2H3. The summed E-state index contributed by atoms with van der Waals surface area (Å²) in [6.07, 6.45) is 9.73. The summed E-state index contributed by atoms with van der Waals surface area (Å²) in [5, 5.41) is 0. The molecule has 4 nitrogen and oxygen atoms in total. The molecule has 1 aliphatic rings. The second-order valence-corrected chi connectivity index (χ2v) is 6.29. The van der Waals surface area contributed by atoms with Crippen LogP contribution in [-0.4, -0.2) is 24.6 Å². The smallest absolute Gasteiger partial charge is 0.306 e. The first-order valence-electron chi connectivity index (χ1n) is 9.02. The molecule has 1 heterocycles. The summed E-state index contributed by atoms with van der Waals surface area (Å²) in [5.74, 6) is -0.106. The third-order valence-corrected chi connectivity index (χ3v) is 4.38. The van der Waals surface area contributed by atoms with Crippen LogP contribution in [-0.2, 0) is 19.1 Å². The highest BCUT2D eigenvalue weighted by Gasteiger charge is 2.24. The van der Waals surface area contributed by atoms with Crippen molar-refractivity contribution in [1.29, 1.82) is 0 Å². The Kier molecular flexibility index (Phi) is 9.93. The van der Waals surface area contributed by atoms with Crippen LogP contribution in [0.1, 0.15) is 84.5 Å². The topological polar surface area (TPSA) is 52.6 Å². The molecule has 0 N–H and O–H groups in total. The van der Waals surface area contributed by atoms with Gasteiger partial charge in [-0.3, -0.25) is 9.59 Å². The molecule has 0 aromatic rings. The van der Waals surface area contributed by atoms with E-state index in [1.807, 2.05) is 0 Å². The average molecular weight is 312 g/mol. The van der Waals surface area contributed by atoms with Crippen molar-refractivity contribution in [3.05, 3.63) is 0 Å². The Morgan fingerprint density at radius 2 is 1.50 bits per heavy atom. The maximum absolute atomic E-state index is 12.0. The molecule has 1 saturated heterocycles. The molecule has 128 valence electrons. The number of carbonyl (C=O) groups is 2. The predicted molar refractivity (Wildman–Crippen MR) is 86.5 cm³/mol. The van der Waals surface area contributed by atoms with E-state index in [-0.39, 0.29) is 24.0 Å². The zero-order valence-corrected chi connectivity index (χ0v) is 14.3. The molecule has 22 heavy (non-hydrogen) atoms. The highest BCUT2D eigenvalue weighted by molar-refractivity contribution is 5.70. The van der Waals surface area contributed by atoms with Gasteiger partial charge in [0.1, 0.15) is 6.10 Å². The number of rotatable bonds is 3. The SMILES string of the molecule is CCCC1OC(=O)CCCCCCCCC(=O)OCC1CC. The lowest BCUT2D eigenvalue weighted by Gasteiger charge is -2.26.